The Morgan fingerprint density at radius 2 is 1.88 bits per heavy atom. The molecule has 0 aliphatic heterocycles. The van der Waals surface area contributed by atoms with E-state index in [0.29, 0.717) is 33.1 Å². The number of aromatic nitrogens is 2. The number of nitrogens with zero attached hydrogens (tertiary/aromatic N) is 1. The smallest absolute Gasteiger partial charge is 0.229 e. The van der Waals surface area contributed by atoms with Crippen LogP contribution in [-0.2, 0) is 4.79 Å². The highest BCUT2D eigenvalue weighted by Gasteiger charge is 2.22. The van der Waals surface area contributed by atoms with Gasteiger partial charge >= 0.3 is 0 Å². The molecule has 2 N–H and O–H groups in total. The lowest BCUT2D eigenvalue weighted by Crippen LogP contribution is -2.16. The van der Waals surface area contributed by atoms with E-state index in [1.165, 1.54) is 12.3 Å². The second-order valence-corrected chi connectivity index (χ2v) is 7.27. The van der Waals surface area contributed by atoms with E-state index in [4.69, 9.17) is 23.2 Å². The quantitative estimate of drug-likeness (QED) is 0.597. The van der Waals surface area contributed by atoms with Crippen LogP contribution in [0, 0.1) is 5.92 Å². The van der Waals surface area contributed by atoms with E-state index in [1.54, 1.807) is 24.3 Å². The molecule has 0 radical (unpaired) electrons. The summed E-state index contributed by atoms with van der Waals surface area (Å²) in [6.45, 7) is 3.91. The molecule has 3 rings (SSSR count). The first kappa shape index (κ1) is 18.4. The number of fused-ring (bicyclic) bond motifs is 1. The molecule has 0 unspecified atom stereocenters. The molecular formula is C19H17Cl2N3O2. The van der Waals surface area contributed by atoms with E-state index in [1.807, 2.05) is 13.8 Å². The number of benzene rings is 1. The van der Waals surface area contributed by atoms with E-state index in [9.17, 15) is 9.59 Å². The van der Waals surface area contributed by atoms with Crippen LogP contribution < -0.4 is 5.32 Å². The second-order valence-electron chi connectivity index (χ2n) is 6.40. The maximum Gasteiger partial charge on any atom is 0.229 e. The first-order valence-corrected chi connectivity index (χ1v) is 8.88. The molecule has 1 aromatic carbocycles. The lowest BCUT2D eigenvalue weighted by atomic mass is 10.1. The molecule has 2 heterocycles. The van der Waals surface area contributed by atoms with Crippen LogP contribution in [0.1, 0.15) is 36.5 Å². The average molecular weight is 390 g/mol. The van der Waals surface area contributed by atoms with Crippen LogP contribution >= 0.6 is 23.2 Å². The largest absolute Gasteiger partial charge is 0.350 e. The fraction of sp³-hybridized carbons (Fsp3) is 0.211. The van der Waals surface area contributed by atoms with Gasteiger partial charge in [0.1, 0.15) is 11.4 Å². The van der Waals surface area contributed by atoms with Crippen molar-refractivity contribution in [3.05, 3.63) is 58.0 Å². The van der Waals surface area contributed by atoms with Gasteiger partial charge in [0.15, 0.2) is 0 Å². The molecule has 5 nitrogen and oxygen atoms in total. The number of nitrogens with one attached hydrogen (secondary N) is 2. The topological polar surface area (TPSA) is 74.8 Å². The van der Waals surface area contributed by atoms with Crippen molar-refractivity contribution in [3.8, 4) is 0 Å². The van der Waals surface area contributed by atoms with Crippen LogP contribution in [0.25, 0.3) is 10.9 Å². The number of carbonyl (C=O) groups excluding carboxylic acids is 2. The molecule has 0 aliphatic carbocycles. The van der Waals surface area contributed by atoms with Crippen molar-refractivity contribution >= 4 is 51.5 Å². The standard InChI is InChI=1S/C19H17Cl2N3O2/c1-10(2)7-16(25)24-17-13-4-3-11(20)8-14(13)23-18(17)19(26)15-9-12(21)5-6-22-15/h3-6,8-10,23H,7H2,1-2H3,(H,24,25). The van der Waals surface area contributed by atoms with E-state index in [-0.39, 0.29) is 29.0 Å². The fourth-order valence-corrected chi connectivity index (χ4v) is 3.02. The maximum absolute atomic E-state index is 12.9. The molecule has 0 bridgehead atoms. The van der Waals surface area contributed by atoms with Gasteiger partial charge in [0, 0.05) is 33.6 Å². The van der Waals surface area contributed by atoms with Crippen molar-refractivity contribution in [2.24, 2.45) is 5.92 Å². The lowest BCUT2D eigenvalue weighted by Gasteiger charge is -2.08. The highest BCUT2D eigenvalue weighted by molar-refractivity contribution is 6.32. The zero-order valence-corrected chi connectivity index (χ0v) is 15.8. The summed E-state index contributed by atoms with van der Waals surface area (Å²) in [5.41, 5.74) is 1.51. The highest BCUT2D eigenvalue weighted by Crippen LogP contribution is 2.31. The molecule has 2 aromatic heterocycles. The van der Waals surface area contributed by atoms with E-state index >= 15 is 0 Å². The van der Waals surface area contributed by atoms with Crippen molar-refractivity contribution < 1.29 is 9.59 Å². The second kappa shape index (κ2) is 7.48. The third-order valence-electron chi connectivity index (χ3n) is 3.80. The number of halogens is 2. The number of carbonyl (C=O) groups is 2. The summed E-state index contributed by atoms with van der Waals surface area (Å²) in [6.07, 6.45) is 1.81. The zero-order valence-electron chi connectivity index (χ0n) is 14.3. The van der Waals surface area contributed by atoms with Crippen LogP contribution in [0.15, 0.2) is 36.5 Å². The van der Waals surface area contributed by atoms with Gasteiger partial charge in [-0.3, -0.25) is 14.6 Å². The van der Waals surface area contributed by atoms with Crippen LogP contribution in [0.2, 0.25) is 10.0 Å². The number of H-pyrrole nitrogens is 1. The lowest BCUT2D eigenvalue weighted by molar-refractivity contribution is -0.116. The van der Waals surface area contributed by atoms with Crippen molar-refractivity contribution in [1.29, 1.82) is 0 Å². The number of pyridine rings is 1. The average Bonchev–Trinajstić information content (AvgIpc) is 2.90. The van der Waals surface area contributed by atoms with Gasteiger partial charge < -0.3 is 10.3 Å². The van der Waals surface area contributed by atoms with Gasteiger partial charge in [0.05, 0.1) is 5.69 Å². The van der Waals surface area contributed by atoms with E-state index in [2.05, 4.69) is 15.3 Å². The van der Waals surface area contributed by atoms with E-state index in [0.717, 1.165) is 0 Å². The molecule has 0 fully saturated rings. The molecule has 134 valence electrons. The minimum absolute atomic E-state index is 0.163. The van der Waals surface area contributed by atoms with Crippen molar-refractivity contribution in [3.63, 3.8) is 0 Å². The van der Waals surface area contributed by atoms with Gasteiger partial charge in [0.2, 0.25) is 11.7 Å². The Hall–Kier alpha value is -2.37. The first-order chi connectivity index (χ1) is 12.3. The van der Waals surface area contributed by atoms with Gasteiger partial charge in [-0.2, -0.15) is 0 Å². The van der Waals surface area contributed by atoms with Crippen LogP contribution in [-0.4, -0.2) is 21.7 Å². The molecule has 0 spiro atoms. The van der Waals surface area contributed by atoms with Gasteiger partial charge in [-0.1, -0.05) is 37.0 Å². The Bertz CT molecular complexity index is 996. The number of aromatic amines is 1. The predicted molar refractivity (Wildman–Crippen MR) is 104 cm³/mol. The minimum atomic E-state index is -0.361. The molecule has 0 aliphatic rings. The normalized spacial score (nSPS) is 11.1. The number of ketones is 1. The molecule has 7 heteroatoms. The zero-order chi connectivity index (χ0) is 18.8. The Labute approximate surface area is 160 Å². The summed E-state index contributed by atoms with van der Waals surface area (Å²) in [6, 6.07) is 8.26. The molecule has 1 amide bonds. The summed E-state index contributed by atoms with van der Waals surface area (Å²) < 4.78 is 0. The van der Waals surface area contributed by atoms with Gasteiger partial charge in [-0.05, 0) is 36.2 Å². The molecule has 3 aromatic rings. The molecule has 0 saturated carbocycles. The summed E-state index contributed by atoms with van der Waals surface area (Å²) in [5.74, 6) is -0.327. The van der Waals surface area contributed by atoms with Crippen molar-refractivity contribution in [2.75, 3.05) is 5.32 Å². The summed E-state index contributed by atoms with van der Waals surface area (Å²) >= 11 is 12.0. The predicted octanol–water partition coefficient (Wildman–Crippen LogP) is 5.09. The third kappa shape index (κ3) is 3.89. The SMILES string of the molecule is CC(C)CC(=O)Nc1c(C(=O)c2cc(Cl)ccn2)[nH]c2cc(Cl)ccc12. The Morgan fingerprint density at radius 1 is 1.15 bits per heavy atom. The Kier molecular flexibility index (Phi) is 5.30. The van der Waals surface area contributed by atoms with Crippen LogP contribution in [0.4, 0.5) is 5.69 Å². The van der Waals surface area contributed by atoms with Crippen LogP contribution in [0.3, 0.4) is 0 Å². The fourth-order valence-electron chi connectivity index (χ4n) is 2.69. The Morgan fingerprint density at radius 3 is 2.58 bits per heavy atom. The molecule has 26 heavy (non-hydrogen) atoms. The van der Waals surface area contributed by atoms with Crippen molar-refractivity contribution in [2.45, 2.75) is 20.3 Å². The maximum atomic E-state index is 12.9. The third-order valence-corrected chi connectivity index (χ3v) is 4.27. The van der Waals surface area contributed by atoms with Gasteiger partial charge in [0.25, 0.3) is 0 Å². The van der Waals surface area contributed by atoms with Crippen LogP contribution in [0.5, 0.6) is 0 Å². The van der Waals surface area contributed by atoms with Gasteiger partial charge in [-0.15, -0.1) is 0 Å². The van der Waals surface area contributed by atoms with Gasteiger partial charge in [-0.25, -0.2) is 0 Å². The molecular weight excluding hydrogens is 373 g/mol. The molecule has 0 saturated heterocycles. The van der Waals surface area contributed by atoms with E-state index < -0.39 is 0 Å². The van der Waals surface area contributed by atoms with Crippen molar-refractivity contribution in [1.82, 2.24) is 9.97 Å². The number of anilines is 1. The summed E-state index contributed by atoms with van der Waals surface area (Å²) in [4.78, 5) is 32.4. The summed E-state index contributed by atoms with van der Waals surface area (Å²) in [7, 11) is 0. The number of amides is 1. The number of rotatable bonds is 5. The highest BCUT2D eigenvalue weighted by atomic mass is 35.5. The minimum Gasteiger partial charge on any atom is -0.350 e. The molecule has 0 atom stereocenters. The monoisotopic (exact) mass is 389 g/mol. The Balaban J connectivity index is 2.09. The summed E-state index contributed by atoms with van der Waals surface area (Å²) in [5, 5.41) is 4.50. The number of hydrogen-bond donors (Lipinski definition) is 2. The number of hydrogen-bond acceptors (Lipinski definition) is 3. The first-order valence-electron chi connectivity index (χ1n) is 8.12.